The first-order valence-corrected chi connectivity index (χ1v) is 6.68. The molecule has 1 saturated carbocycles. The highest BCUT2D eigenvalue weighted by Gasteiger charge is 2.20. The molecule has 1 aliphatic carbocycles. The molecular formula is C12H19N5O3. The largest absolute Gasteiger partial charge is 0.464 e. The summed E-state index contributed by atoms with van der Waals surface area (Å²) >= 11 is 0. The molecule has 0 unspecified atom stereocenters. The summed E-state index contributed by atoms with van der Waals surface area (Å²) in [6.07, 6.45) is 5.52. The number of rotatable bonds is 4. The Balaban J connectivity index is 1.94. The lowest BCUT2D eigenvalue weighted by molar-refractivity contribution is -0.122. The van der Waals surface area contributed by atoms with E-state index in [1.807, 2.05) is 0 Å². The maximum Gasteiger partial charge on any atom is 0.362 e. The maximum absolute atomic E-state index is 11.9. The molecule has 1 amide bonds. The number of esters is 1. The minimum atomic E-state index is -0.665. The van der Waals surface area contributed by atoms with Gasteiger partial charge in [-0.3, -0.25) is 4.79 Å². The van der Waals surface area contributed by atoms with Crippen molar-refractivity contribution < 1.29 is 14.3 Å². The van der Waals surface area contributed by atoms with E-state index in [1.165, 1.54) is 18.2 Å². The van der Waals surface area contributed by atoms with Gasteiger partial charge in [-0.15, -0.1) is 5.10 Å². The number of aromatic nitrogens is 3. The summed E-state index contributed by atoms with van der Waals surface area (Å²) in [6, 6.07) is 0.223. The predicted octanol–water partition coefficient (Wildman–Crippen LogP) is 0.0958. The molecule has 110 valence electrons. The molecule has 0 saturated heterocycles. The Morgan fingerprint density at radius 1 is 1.40 bits per heavy atom. The van der Waals surface area contributed by atoms with Gasteiger partial charge in [-0.2, -0.15) is 0 Å². The molecule has 8 nitrogen and oxygen atoms in total. The van der Waals surface area contributed by atoms with E-state index in [0.29, 0.717) is 0 Å². The molecule has 0 bridgehead atoms. The van der Waals surface area contributed by atoms with Crippen molar-refractivity contribution in [3.63, 3.8) is 0 Å². The van der Waals surface area contributed by atoms with Gasteiger partial charge in [0, 0.05) is 6.04 Å². The van der Waals surface area contributed by atoms with Gasteiger partial charge in [0.2, 0.25) is 11.6 Å². The van der Waals surface area contributed by atoms with Gasteiger partial charge in [-0.25, -0.2) is 9.48 Å². The number of nitrogens with zero attached hydrogens (tertiary/aromatic N) is 3. The second-order valence-corrected chi connectivity index (χ2v) is 4.87. The number of hydrogen-bond acceptors (Lipinski definition) is 6. The van der Waals surface area contributed by atoms with Crippen molar-refractivity contribution in [2.75, 3.05) is 12.8 Å². The van der Waals surface area contributed by atoms with Crippen LogP contribution in [0.2, 0.25) is 0 Å². The number of nitrogen functional groups attached to an aromatic ring is 1. The Kier molecular flexibility index (Phi) is 4.54. The van der Waals surface area contributed by atoms with Crippen molar-refractivity contribution in [1.82, 2.24) is 20.3 Å². The summed E-state index contributed by atoms with van der Waals surface area (Å²) in [5, 5.41) is 10.3. The van der Waals surface area contributed by atoms with E-state index in [9.17, 15) is 9.59 Å². The lowest BCUT2D eigenvalue weighted by atomic mass is 9.95. The molecule has 1 heterocycles. The molecule has 1 aliphatic rings. The highest BCUT2D eigenvalue weighted by Crippen LogP contribution is 2.17. The molecular weight excluding hydrogens is 262 g/mol. The number of ether oxygens (including phenoxy) is 1. The lowest BCUT2D eigenvalue weighted by Gasteiger charge is -2.22. The van der Waals surface area contributed by atoms with Crippen LogP contribution in [0.5, 0.6) is 0 Å². The molecule has 0 radical (unpaired) electrons. The molecule has 0 aliphatic heterocycles. The number of nitrogens with two attached hydrogens (primary N) is 1. The maximum atomic E-state index is 11.9. The van der Waals surface area contributed by atoms with Gasteiger partial charge in [-0.05, 0) is 12.8 Å². The van der Waals surface area contributed by atoms with Gasteiger partial charge >= 0.3 is 5.97 Å². The summed E-state index contributed by atoms with van der Waals surface area (Å²) in [5.41, 5.74) is 5.65. The Morgan fingerprint density at radius 3 is 2.75 bits per heavy atom. The van der Waals surface area contributed by atoms with E-state index in [2.05, 4.69) is 20.4 Å². The first kappa shape index (κ1) is 14.3. The molecule has 20 heavy (non-hydrogen) atoms. The van der Waals surface area contributed by atoms with E-state index in [1.54, 1.807) is 0 Å². The number of carbonyl (C=O) groups is 2. The topological polar surface area (TPSA) is 112 Å². The van der Waals surface area contributed by atoms with E-state index in [4.69, 9.17) is 5.73 Å². The molecule has 0 spiro atoms. The zero-order chi connectivity index (χ0) is 14.5. The minimum Gasteiger partial charge on any atom is -0.464 e. The standard InChI is InChI=1S/C12H19N5O3/c1-20-12(19)10-11(13)17(16-15-10)7-9(18)14-8-5-3-2-4-6-8/h8H,2-7,13H2,1H3,(H,14,18). The highest BCUT2D eigenvalue weighted by molar-refractivity contribution is 5.92. The van der Waals surface area contributed by atoms with Crippen LogP contribution in [0.4, 0.5) is 5.82 Å². The van der Waals surface area contributed by atoms with Crippen molar-refractivity contribution in [1.29, 1.82) is 0 Å². The summed E-state index contributed by atoms with van der Waals surface area (Å²) in [5.74, 6) is -0.804. The minimum absolute atomic E-state index is 0.0376. The van der Waals surface area contributed by atoms with Crippen molar-refractivity contribution in [2.24, 2.45) is 0 Å². The normalized spacial score (nSPS) is 15.8. The van der Waals surface area contributed by atoms with Crippen molar-refractivity contribution in [2.45, 2.75) is 44.7 Å². The third-order valence-corrected chi connectivity index (χ3v) is 3.42. The fourth-order valence-electron chi connectivity index (χ4n) is 2.34. The SMILES string of the molecule is COC(=O)c1nnn(CC(=O)NC2CCCCC2)c1N. The van der Waals surface area contributed by atoms with Crippen LogP contribution in [0.1, 0.15) is 42.6 Å². The number of anilines is 1. The van der Waals surface area contributed by atoms with Crippen molar-refractivity contribution in [3.8, 4) is 0 Å². The molecule has 1 aromatic rings. The average Bonchev–Trinajstić information content (AvgIpc) is 2.80. The van der Waals surface area contributed by atoms with Gasteiger partial charge < -0.3 is 15.8 Å². The first-order valence-electron chi connectivity index (χ1n) is 6.68. The number of carbonyl (C=O) groups excluding carboxylic acids is 2. The van der Waals surface area contributed by atoms with E-state index in [0.717, 1.165) is 25.7 Å². The van der Waals surface area contributed by atoms with Gasteiger partial charge in [0.05, 0.1) is 7.11 Å². The van der Waals surface area contributed by atoms with Crippen molar-refractivity contribution >= 4 is 17.7 Å². The summed E-state index contributed by atoms with van der Waals surface area (Å²) in [4.78, 5) is 23.2. The van der Waals surface area contributed by atoms with Gasteiger partial charge in [0.15, 0.2) is 5.82 Å². The molecule has 1 fully saturated rings. The average molecular weight is 281 g/mol. The molecule has 1 aromatic heterocycles. The molecule has 2 rings (SSSR count). The Morgan fingerprint density at radius 2 is 2.10 bits per heavy atom. The number of hydrogen-bond donors (Lipinski definition) is 2. The van der Waals surface area contributed by atoms with Crippen LogP contribution in [0.3, 0.4) is 0 Å². The third-order valence-electron chi connectivity index (χ3n) is 3.42. The van der Waals surface area contributed by atoms with E-state index >= 15 is 0 Å². The van der Waals surface area contributed by atoms with Gasteiger partial charge in [0.1, 0.15) is 6.54 Å². The van der Waals surface area contributed by atoms with Crippen LogP contribution in [0.15, 0.2) is 0 Å². The van der Waals surface area contributed by atoms with E-state index in [-0.39, 0.29) is 30.0 Å². The fraction of sp³-hybridized carbons (Fsp3) is 0.667. The van der Waals surface area contributed by atoms with Crippen molar-refractivity contribution in [3.05, 3.63) is 5.69 Å². The quantitative estimate of drug-likeness (QED) is 0.757. The molecule has 0 aromatic carbocycles. The first-order chi connectivity index (χ1) is 9.61. The molecule has 8 heteroatoms. The van der Waals surface area contributed by atoms with Crippen LogP contribution in [0.25, 0.3) is 0 Å². The van der Waals surface area contributed by atoms with E-state index < -0.39 is 5.97 Å². The Hall–Kier alpha value is -2.12. The Bertz CT molecular complexity index is 493. The van der Waals surface area contributed by atoms with Gasteiger partial charge in [0.25, 0.3) is 0 Å². The monoisotopic (exact) mass is 281 g/mol. The molecule has 0 atom stereocenters. The lowest BCUT2D eigenvalue weighted by Crippen LogP contribution is -2.38. The van der Waals surface area contributed by atoms with Crippen LogP contribution in [-0.2, 0) is 16.1 Å². The second-order valence-electron chi connectivity index (χ2n) is 4.87. The fourth-order valence-corrected chi connectivity index (χ4v) is 2.34. The number of nitrogens with one attached hydrogen (secondary N) is 1. The highest BCUT2D eigenvalue weighted by atomic mass is 16.5. The van der Waals surface area contributed by atoms with Crippen LogP contribution < -0.4 is 11.1 Å². The second kappa shape index (κ2) is 6.36. The van der Waals surface area contributed by atoms with Crippen LogP contribution >= 0.6 is 0 Å². The zero-order valence-electron chi connectivity index (χ0n) is 11.5. The summed E-state index contributed by atoms with van der Waals surface area (Å²) in [7, 11) is 1.23. The Labute approximate surface area is 116 Å². The smallest absolute Gasteiger partial charge is 0.362 e. The predicted molar refractivity (Wildman–Crippen MR) is 70.8 cm³/mol. The van der Waals surface area contributed by atoms with Gasteiger partial charge in [-0.1, -0.05) is 24.5 Å². The number of amides is 1. The summed E-state index contributed by atoms with van der Waals surface area (Å²) in [6.45, 7) is -0.0493. The summed E-state index contributed by atoms with van der Waals surface area (Å²) < 4.78 is 5.72. The number of methoxy groups -OCH3 is 1. The van der Waals surface area contributed by atoms with Crippen LogP contribution in [-0.4, -0.2) is 40.0 Å². The third kappa shape index (κ3) is 3.25. The van der Waals surface area contributed by atoms with Crippen LogP contribution in [0, 0.1) is 0 Å². The zero-order valence-corrected chi connectivity index (χ0v) is 11.5. The molecule has 3 N–H and O–H groups in total.